The third-order valence-electron chi connectivity index (χ3n) is 3.51. The summed E-state index contributed by atoms with van der Waals surface area (Å²) in [6, 6.07) is 6.64. The molecule has 0 aliphatic heterocycles. The Morgan fingerprint density at radius 1 is 1.08 bits per heavy atom. The van der Waals surface area contributed by atoms with Gasteiger partial charge in [0.05, 0.1) is 10.6 Å². The summed E-state index contributed by atoms with van der Waals surface area (Å²) in [6.45, 7) is 2.17. The number of benzene rings is 2. The summed E-state index contributed by atoms with van der Waals surface area (Å²) in [5.74, 6) is -5.49. The molecule has 0 saturated carbocycles. The molecular weight excluding hydrogens is 369 g/mol. The lowest BCUT2D eigenvalue weighted by Gasteiger charge is -2.10. The highest BCUT2D eigenvalue weighted by Crippen LogP contribution is 2.21. The van der Waals surface area contributed by atoms with E-state index in [1.807, 2.05) is 6.92 Å². The van der Waals surface area contributed by atoms with Crippen LogP contribution in [0.25, 0.3) is 0 Å². The van der Waals surface area contributed by atoms with E-state index in [2.05, 4.69) is 10.0 Å². The van der Waals surface area contributed by atoms with Crippen molar-refractivity contribution in [2.45, 2.75) is 24.7 Å². The van der Waals surface area contributed by atoms with Gasteiger partial charge in [0.25, 0.3) is 5.91 Å². The van der Waals surface area contributed by atoms with Gasteiger partial charge >= 0.3 is 0 Å². The van der Waals surface area contributed by atoms with Crippen molar-refractivity contribution in [2.75, 3.05) is 11.9 Å². The monoisotopic (exact) mass is 386 g/mol. The molecule has 1 amide bonds. The quantitative estimate of drug-likeness (QED) is 0.565. The van der Waals surface area contributed by atoms with E-state index >= 15 is 0 Å². The maximum absolute atomic E-state index is 13.6. The van der Waals surface area contributed by atoms with Gasteiger partial charge in [0.1, 0.15) is 0 Å². The molecule has 0 unspecified atom stereocenters. The van der Waals surface area contributed by atoms with Crippen molar-refractivity contribution < 1.29 is 26.4 Å². The molecule has 0 aromatic heterocycles. The fraction of sp³-hybridized carbons (Fsp3) is 0.235. The molecule has 0 spiro atoms. The molecule has 0 aliphatic rings. The summed E-state index contributed by atoms with van der Waals surface area (Å²) >= 11 is 0. The Balaban J connectivity index is 2.22. The number of carbonyl (C=O) groups is 1. The summed E-state index contributed by atoms with van der Waals surface area (Å²) in [5, 5.41) is 2.09. The van der Waals surface area contributed by atoms with Crippen molar-refractivity contribution >= 4 is 21.6 Å². The topological polar surface area (TPSA) is 75.3 Å². The van der Waals surface area contributed by atoms with Crippen molar-refractivity contribution in [3.63, 3.8) is 0 Å². The van der Waals surface area contributed by atoms with Crippen LogP contribution in [0, 0.1) is 17.5 Å². The largest absolute Gasteiger partial charge is 0.319 e. The molecule has 140 valence electrons. The maximum Gasteiger partial charge on any atom is 0.255 e. The van der Waals surface area contributed by atoms with Gasteiger partial charge < -0.3 is 5.32 Å². The number of carbonyl (C=O) groups excluding carboxylic acids is 1. The number of hydrogen-bond donors (Lipinski definition) is 2. The van der Waals surface area contributed by atoms with Crippen LogP contribution in [-0.2, 0) is 10.0 Å². The second-order valence-corrected chi connectivity index (χ2v) is 7.22. The maximum atomic E-state index is 13.6. The van der Waals surface area contributed by atoms with Gasteiger partial charge in [0.15, 0.2) is 17.5 Å². The first kappa shape index (κ1) is 19.9. The van der Waals surface area contributed by atoms with Gasteiger partial charge in [0.2, 0.25) is 10.0 Å². The van der Waals surface area contributed by atoms with Crippen LogP contribution in [0.3, 0.4) is 0 Å². The molecule has 0 saturated heterocycles. The van der Waals surface area contributed by atoms with E-state index in [1.54, 1.807) is 0 Å². The minimum atomic E-state index is -3.80. The van der Waals surface area contributed by atoms with Gasteiger partial charge in [-0.25, -0.2) is 26.3 Å². The SMILES string of the molecule is CCCCNS(=O)(=O)c1cccc(C(=O)Nc2ccc(F)c(F)c2F)c1. The Labute approximate surface area is 149 Å². The van der Waals surface area contributed by atoms with E-state index in [0.717, 1.165) is 18.6 Å². The van der Waals surface area contributed by atoms with Gasteiger partial charge in [-0.2, -0.15) is 0 Å². The first-order valence-corrected chi connectivity index (χ1v) is 9.29. The van der Waals surface area contributed by atoms with Crippen LogP contribution in [0.2, 0.25) is 0 Å². The minimum Gasteiger partial charge on any atom is -0.319 e. The van der Waals surface area contributed by atoms with Crippen LogP contribution >= 0.6 is 0 Å². The first-order valence-electron chi connectivity index (χ1n) is 7.81. The van der Waals surface area contributed by atoms with Crippen LogP contribution in [-0.4, -0.2) is 20.9 Å². The Hall–Kier alpha value is -2.39. The average Bonchev–Trinajstić information content (AvgIpc) is 2.62. The number of halogens is 3. The zero-order valence-electron chi connectivity index (χ0n) is 13.9. The van der Waals surface area contributed by atoms with E-state index < -0.39 is 39.1 Å². The Kier molecular flexibility index (Phi) is 6.38. The molecular formula is C17H17F3N2O3S. The molecule has 0 fully saturated rings. The van der Waals surface area contributed by atoms with Crippen LogP contribution in [0.1, 0.15) is 30.1 Å². The summed E-state index contributed by atoms with van der Waals surface area (Å²) in [5.41, 5.74) is -0.629. The van der Waals surface area contributed by atoms with Crippen molar-refractivity contribution in [1.82, 2.24) is 4.72 Å². The van der Waals surface area contributed by atoms with Crippen molar-refractivity contribution in [1.29, 1.82) is 0 Å². The fourth-order valence-electron chi connectivity index (χ4n) is 2.09. The molecule has 0 aliphatic carbocycles. The minimum absolute atomic E-state index is 0.0764. The zero-order valence-corrected chi connectivity index (χ0v) is 14.7. The number of rotatable bonds is 7. The molecule has 2 aromatic carbocycles. The predicted octanol–water partition coefficient (Wildman–Crippen LogP) is 3.43. The number of amides is 1. The number of anilines is 1. The average molecular weight is 386 g/mol. The molecule has 26 heavy (non-hydrogen) atoms. The number of nitrogens with one attached hydrogen (secondary N) is 2. The van der Waals surface area contributed by atoms with Gasteiger partial charge in [-0.05, 0) is 36.8 Å². The molecule has 0 radical (unpaired) electrons. The molecule has 0 bridgehead atoms. The summed E-state index contributed by atoms with van der Waals surface area (Å²) < 4.78 is 66.6. The van der Waals surface area contributed by atoms with Gasteiger partial charge in [-0.3, -0.25) is 4.79 Å². The van der Waals surface area contributed by atoms with E-state index in [1.165, 1.54) is 18.2 Å². The Morgan fingerprint density at radius 3 is 2.50 bits per heavy atom. The molecule has 0 heterocycles. The van der Waals surface area contributed by atoms with Crippen LogP contribution < -0.4 is 10.0 Å². The van der Waals surface area contributed by atoms with Crippen molar-refractivity contribution in [3.05, 3.63) is 59.4 Å². The highest BCUT2D eigenvalue weighted by molar-refractivity contribution is 7.89. The second-order valence-electron chi connectivity index (χ2n) is 5.46. The smallest absolute Gasteiger partial charge is 0.255 e. The van der Waals surface area contributed by atoms with E-state index in [4.69, 9.17) is 0 Å². The molecule has 2 rings (SSSR count). The number of unbranched alkanes of at least 4 members (excludes halogenated alkanes) is 1. The lowest BCUT2D eigenvalue weighted by Crippen LogP contribution is -2.25. The Morgan fingerprint density at radius 2 is 1.81 bits per heavy atom. The summed E-state index contributed by atoms with van der Waals surface area (Å²) in [4.78, 5) is 12.1. The van der Waals surface area contributed by atoms with Gasteiger partial charge in [0, 0.05) is 12.1 Å². The number of sulfonamides is 1. The Bertz CT molecular complexity index is 917. The summed E-state index contributed by atoms with van der Waals surface area (Å²) in [7, 11) is -3.80. The van der Waals surface area contributed by atoms with E-state index in [0.29, 0.717) is 12.5 Å². The zero-order chi connectivity index (χ0) is 19.3. The lowest BCUT2D eigenvalue weighted by molar-refractivity contribution is 0.102. The van der Waals surface area contributed by atoms with E-state index in [9.17, 15) is 26.4 Å². The summed E-state index contributed by atoms with van der Waals surface area (Å²) in [6.07, 6.45) is 1.47. The van der Waals surface area contributed by atoms with Crippen molar-refractivity contribution in [3.8, 4) is 0 Å². The third kappa shape index (κ3) is 4.61. The fourth-order valence-corrected chi connectivity index (χ4v) is 3.21. The second kappa shape index (κ2) is 8.33. The van der Waals surface area contributed by atoms with Gasteiger partial charge in [-0.15, -0.1) is 0 Å². The molecule has 0 atom stereocenters. The highest BCUT2D eigenvalue weighted by atomic mass is 32.2. The van der Waals surface area contributed by atoms with Crippen LogP contribution in [0.5, 0.6) is 0 Å². The third-order valence-corrected chi connectivity index (χ3v) is 4.97. The van der Waals surface area contributed by atoms with Crippen LogP contribution in [0.15, 0.2) is 41.3 Å². The lowest BCUT2D eigenvalue weighted by atomic mass is 10.2. The molecule has 5 nitrogen and oxygen atoms in total. The molecule has 9 heteroatoms. The van der Waals surface area contributed by atoms with Crippen LogP contribution in [0.4, 0.5) is 18.9 Å². The van der Waals surface area contributed by atoms with Crippen molar-refractivity contribution in [2.24, 2.45) is 0 Å². The highest BCUT2D eigenvalue weighted by Gasteiger charge is 2.18. The van der Waals surface area contributed by atoms with E-state index in [-0.39, 0.29) is 17.0 Å². The molecule has 2 aromatic rings. The molecule has 2 N–H and O–H groups in total. The standard InChI is InChI=1S/C17H17F3N2O3S/c1-2-3-9-21-26(24,25)12-6-4-5-11(10-12)17(23)22-14-8-7-13(18)15(19)16(14)20/h4-8,10,21H,2-3,9H2,1H3,(H,22,23). The first-order chi connectivity index (χ1) is 12.3. The normalized spacial score (nSPS) is 11.4. The predicted molar refractivity (Wildman–Crippen MR) is 90.8 cm³/mol. The van der Waals surface area contributed by atoms with Gasteiger partial charge in [-0.1, -0.05) is 19.4 Å². The number of hydrogen-bond acceptors (Lipinski definition) is 3.